The fourth-order valence-electron chi connectivity index (χ4n) is 1.55. The first-order chi connectivity index (χ1) is 8.65. The lowest BCUT2D eigenvalue weighted by Gasteiger charge is -2.18. The summed E-state index contributed by atoms with van der Waals surface area (Å²) < 4.78 is 0. The van der Waals surface area contributed by atoms with Gasteiger partial charge in [0.2, 0.25) is 5.91 Å². The molecule has 2 N–H and O–H groups in total. The van der Waals surface area contributed by atoms with Gasteiger partial charge in [-0.1, -0.05) is 30.7 Å². The normalized spacial score (nSPS) is 10.7. The van der Waals surface area contributed by atoms with Gasteiger partial charge in [-0.3, -0.25) is 9.69 Å². The van der Waals surface area contributed by atoms with E-state index in [1.807, 2.05) is 24.0 Å². The second kappa shape index (κ2) is 8.08. The molecule has 0 atom stereocenters. The van der Waals surface area contributed by atoms with Crippen molar-refractivity contribution in [2.75, 3.05) is 26.2 Å². The summed E-state index contributed by atoms with van der Waals surface area (Å²) in [5.41, 5.74) is 1.01. The molecule has 0 bridgehead atoms. The molecule has 1 aromatic carbocycles. The van der Waals surface area contributed by atoms with Crippen LogP contribution in [-0.4, -0.2) is 42.2 Å². The van der Waals surface area contributed by atoms with E-state index in [1.54, 1.807) is 12.1 Å². The number of rotatable bonds is 7. The third-order valence-electron chi connectivity index (χ3n) is 2.63. The number of carbonyl (C=O) groups excluding carboxylic acids is 1. The number of amides is 1. The zero-order chi connectivity index (χ0) is 13.4. The highest BCUT2D eigenvalue weighted by molar-refractivity contribution is 6.30. The van der Waals surface area contributed by atoms with Gasteiger partial charge in [0.25, 0.3) is 0 Å². The number of nitrogens with one attached hydrogen (secondary N) is 1. The molecule has 0 saturated heterocycles. The van der Waals surface area contributed by atoms with Crippen LogP contribution in [0.2, 0.25) is 5.02 Å². The molecule has 0 unspecified atom stereocenters. The van der Waals surface area contributed by atoms with Gasteiger partial charge in [0, 0.05) is 18.1 Å². The second-order valence-corrected chi connectivity index (χ2v) is 4.43. The molecule has 1 rings (SSSR count). The van der Waals surface area contributed by atoms with Crippen LogP contribution in [0.4, 0.5) is 0 Å². The van der Waals surface area contributed by atoms with Gasteiger partial charge in [-0.25, -0.2) is 0 Å². The number of likely N-dealkylation sites (N-methyl/N-ethyl adjacent to an activating group) is 1. The zero-order valence-corrected chi connectivity index (χ0v) is 11.3. The molecule has 0 aliphatic rings. The Bertz CT molecular complexity index is 368. The summed E-state index contributed by atoms with van der Waals surface area (Å²) in [5.74, 6) is -0.0414. The first-order valence-electron chi connectivity index (χ1n) is 6.00. The minimum Gasteiger partial charge on any atom is -0.395 e. The smallest absolute Gasteiger partial charge is 0.234 e. The van der Waals surface area contributed by atoms with Crippen LogP contribution in [-0.2, 0) is 11.3 Å². The average molecular weight is 271 g/mol. The first kappa shape index (κ1) is 15.0. The van der Waals surface area contributed by atoms with E-state index in [9.17, 15) is 4.79 Å². The van der Waals surface area contributed by atoms with Crippen molar-refractivity contribution in [1.29, 1.82) is 0 Å². The molecule has 1 aromatic rings. The Balaban J connectivity index is 2.34. The SMILES string of the molecule is CCN(CCO)CC(=O)NCc1ccc(Cl)cc1. The highest BCUT2D eigenvalue weighted by atomic mass is 35.5. The largest absolute Gasteiger partial charge is 0.395 e. The molecule has 0 saturated carbocycles. The minimum atomic E-state index is -0.0414. The maximum Gasteiger partial charge on any atom is 0.234 e. The van der Waals surface area contributed by atoms with Crippen LogP contribution >= 0.6 is 11.6 Å². The van der Waals surface area contributed by atoms with Gasteiger partial charge in [-0.05, 0) is 24.2 Å². The summed E-state index contributed by atoms with van der Waals surface area (Å²) >= 11 is 5.78. The Kier molecular flexibility index (Phi) is 6.72. The molecule has 5 heteroatoms. The molecule has 4 nitrogen and oxygen atoms in total. The quantitative estimate of drug-likeness (QED) is 0.785. The number of halogens is 1. The van der Waals surface area contributed by atoms with E-state index < -0.39 is 0 Å². The third kappa shape index (κ3) is 5.49. The molecule has 0 radical (unpaired) electrons. The number of nitrogens with zero attached hydrogens (tertiary/aromatic N) is 1. The summed E-state index contributed by atoms with van der Waals surface area (Å²) in [6.45, 7) is 4.09. The second-order valence-electron chi connectivity index (χ2n) is 4.00. The van der Waals surface area contributed by atoms with Crippen LogP contribution < -0.4 is 5.32 Å². The van der Waals surface area contributed by atoms with E-state index in [0.717, 1.165) is 12.1 Å². The summed E-state index contributed by atoms with van der Waals surface area (Å²) in [4.78, 5) is 13.6. The number of aliphatic hydroxyl groups excluding tert-OH is 1. The zero-order valence-electron chi connectivity index (χ0n) is 10.5. The topological polar surface area (TPSA) is 52.6 Å². The van der Waals surface area contributed by atoms with Crippen molar-refractivity contribution in [1.82, 2.24) is 10.2 Å². The Morgan fingerprint density at radius 1 is 1.39 bits per heavy atom. The Morgan fingerprint density at radius 2 is 2.06 bits per heavy atom. The van der Waals surface area contributed by atoms with E-state index in [4.69, 9.17) is 16.7 Å². The van der Waals surface area contributed by atoms with Crippen molar-refractivity contribution < 1.29 is 9.90 Å². The summed E-state index contributed by atoms with van der Waals surface area (Å²) in [5, 5.41) is 12.4. The molecule has 18 heavy (non-hydrogen) atoms. The number of benzene rings is 1. The maximum absolute atomic E-state index is 11.7. The predicted octanol–water partition coefficient (Wildman–Crippen LogP) is 1.27. The van der Waals surface area contributed by atoms with Crippen molar-refractivity contribution in [2.45, 2.75) is 13.5 Å². The molecule has 100 valence electrons. The van der Waals surface area contributed by atoms with Crippen molar-refractivity contribution in [2.24, 2.45) is 0 Å². The maximum atomic E-state index is 11.7. The van der Waals surface area contributed by atoms with Crippen molar-refractivity contribution >= 4 is 17.5 Å². The highest BCUT2D eigenvalue weighted by Crippen LogP contribution is 2.08. The lowest BCUT2D eigenvalue weighted by Crippen LogP contribution is -2.38. The number of carbonyl (C=O) groups is 1. The Hall–Kier alpha value is -1.10. The summed E-state index contributed by atoms with van der Waals surface area (Å²) in [6.07, 6.45) is 0. The first-order valence-corrected chi connectivity index (χ1v) is 6.38. The molecule has 0 aromatic heterocycles. The van der Waals surface area contributed by atoms with Crippen molar-refractivity contribution in [3.05, 3.63) is 34.9 Å². The number of aliphatic hydroxyl groups is 1. The monoisotopic (exact) mass is 270 g/mol. The molecule has 0 heterocycles. The van der Waals surface area contributed by atoms with E-state index in [2.05, 4.69) is 5.32 Å². The lowest BCUT2D eigenvalue weighted by molar-refractivity contribution is -0.122. The van der Waals surface area contributed by atoms with Gasteiger partial charge in [-0.2, -0.15) is 0 Å². The molecular formula is C13H19ClN2O2. The molecule has 0 fully saturated rings. The molecular weight excluding hydrogens is 252 g/mol. The number of hydrogen-bond donors (Lipinski definition) is 2. The van der Waals surface area contributed by atoms with Crippen molar-refractivity contribution in [3.8, 4) is 0 Å². The third-order valence-corrected chi connectivity index (χ3v) is 2.89. The van der Waals surface area contributed by atoms with Gasteiger partial charge >= 0.3 is 0 Å². The van der Waals surface area contributed by atoms with Crippen LogP contribution in [0.15, 0.2) is 24.3 Å². The van der Waals surface area contributed by atoms with Gasteiger partial charge in [0.05, 0.1) is 13.2 Å². The van der Waals surface area contributed by atoms with Gasteiger partial charge in [-0.15, -0.1) is 0 Å². The van der Waals surface area contributed by atoms with E-state index in [1.165, 1.54) is 0 Å². The molecule has 0 aliphatic heterocycles. The molecule has 1 amide bonds. The van der Waals surface area contributed by atoms with E-state index >= 15 is 0 Å². The Morgan fingerprint density at radius 3 is 2.61 bits per heavy atom. The molecule has 0 aliphatic carbocycles. The molecule has 0 spiro atoms. The van der Waals surface area contributed by atoms with Crippen LogP contribution in [0.3, 0.4) is 0 Å². The Labute approximate surface area is 113 Å². The number of hydrogen-bond acceptors (Lipinski definition) is 3. The average Bonchev–Trinajstić information content (AvgIpc) is 2.37. The summed E-state index contributed by atoms with van der Waals surface area (Å²) in [7, 11) is 0. The van der Waals surface area contributed by atoms with Gasteiger partial charge < -0.3 is 10.4 Å². The van der Waals surface area contributed by atoms with Crippen LogP contribution in [0.5, 0.6) is 0 Å². The van der Waals surface area contributed by atoms with Gasteiger partial charge in [0.1, 0.15) is 0 Å². The predicted molar refractivity (Wildman–Crippen MR) is 72.5 cm³/mol. The fraction of sp³-hybridized carbons (Fsp3) is 0.462. The standard InChI is InChI=1S/C13H19ClN2O2/c1-2-16(7-8-17)10-13(18)15-9-11-3-5-12(14)6-4-11/h3-6,17H,2,7-10H2,1H3,(H,15,18). The summed E-state index contributed by atoms with van der Waals surface area (Å²) in [6, 6.07) is 7.36. The van der Waals surface area contributed by atoms with E-state index in [0.29, 0.717) is 24.7 Å². The van der Waals surface area contributed by atoms with Crippen LogP contribution in [0.25, 0.3) is 0 Å². The van der Waals surface area contributed by atoms with Crippen molar-refractivity contribution in [3.63, 3.8) is 0 Å². The van der Waals surface area contributed by atoms with E-state index in [-0.39, 0.29) is 12.5 Å². The van der Waals surface area contributed by atoms with Crippen LogP contribution in [0, 0.1) is 0 Å². The van der Waals surface area contributed by atoms with Crippen LogP contribution in [0.1, 0.15) is 12.5 Å². The minimum absolute atomic E-state index is 0.0414. The highest BCUT2D eigenvalue weighted by Gasteiger charge is 2.07. The lowest BCUT2D eigenvalue weighted by atomic mass is 10.2. The fourth-order valence-corrected chi connectivity index (χ4v) is 1.68. The van der Waals surface area contributed by atoms with Gasteiger partial charge in [0.15, 0.2) is 0 Å².